The summed E-state index contributed by atoms with van der Waals surface area (Å²) in [5.74, 6) is -2.08. The Kier molecular flexibility index (Phi) is 6.31. The predicted octanol–water partition coefficient (Wildman–Crippen LogP) is 5.04. The first kappa shape index (κ1) is 22.0. The Hall–Kier alpha value is -2.25. The number of hydrogen-bond acceptors (Lipinski definition) is 2. The summed E-state index contributed by atoms with van der Waals surface area (Å²) >= 11 is 12.1. The molecule has 2 aromatic rings. The van der Waals surface area contributed by atoms with Gasteiger partial charge in [-0.15, -0.1) is 0 Å². The molecule has 0 spiro atoms. The molecular formula is C19H17Cl2F3N2O2. The van der Waals surface area contributed by atoms with Gasteiger partial charge >= 0.3 is 6.18 Å². The third-order valence-corrected chi connectivity index (χ3v) is 4.62. The lowest BCUT2D eigenvalue weighted by Crippen LogP contribution is -2.43. The number of amides is 2. The van der Waals surface area contributed by atoms with Crippen molar-refractivity contribution in [1.82, 2.24) is 0 Å². The molecule has 2 amide bonds. The van der Waals surface area contributed by atoms with Gasteiger partial charge in [-0.1, -0.05) is 53.5 Å². The first-order valence-electron chi connectivity index (χ1n) is 8.09. The van der Waals surface area contributed by atoms with Crippen molar-refractivity contribution in [3.8, 4) is 0 Å². The average molecular weight is 433 g/mol. The maximum absolute atomic E-state index is 13.6. The summed E-state index contributed by atoms with van der Waals surface area (Å²) in [5, 5.41) is 0. The monoisotopic (exact) mass is 432 g/mol. The van der Waals surface area contributed by atoms with Crippen molar-refractivity contribution in [2.45, 2.75) is 30.8 Å². The van der Waals surface area contributed by atoms with Gasteiger partial charge in [-0.05, 0) is 37.1 Å². The maximum atomic E-state index is 13.6. The topological polar surface area (TPSA) is 63.4 Å². The van der Waals surface area contributed by atoms with E-state index in [2.05, 4.69) is 0 Å². The third-order valence-electron chi connectivity index (χ3n) is 4.03. The summed E-state index contributed by atoms with van der Waals surface area (Å²) in [6.45, 7) is 3.27. The Morgan fingerprint density at radius 1 is 1.00 bits per heavy atom. The van der Waals surface area contributed by atoms with Gasteiger partial charge in [0.2, 0.25) is 10.2 Å². The van der Waals surface area contributed by atoms with E-state index in [1.165, 1.54) is 12.1 Å². The van der Waals surface area contributed by atoms with E-state index in [9.17, 15) is 22.8 Å². The second-order valence-electron chi connectivity index (χ2n) is 6.24. The first-order valence-corrected chi connectivity index (χ1v) is 8.85. The molecule has 4 nitrogen and oxygen atoms in total. The molecule has 0 saturated heterocycles. The number of rotatable bonds is 5. The van der Waals surface area contributed by atoms with Gasteiger partial charge in [0.1, 0.15) is 0 Å². The lowest BCUT2D eigenvalue weighted by Gasteiger charge is -2.32. The van der Waals surface area contributed by atoms with E-state index in [4.69, 9.17) is 28.9 Å². The van der Waals surface area contributed by atoms with E-state index in [0.717, 1.165) is 17.0 Å². The predicted molar refractivity (Wildman–Crippen MR) is 103 cm³/mol. The molecule has 0 bridgehead atoms. The molecule has 0 aliphatic heterocycles. The van der Waals surface area contributed by atoms with Crippen LogP contribution >= 0.6 is 23.2 Å². The molecule has 0 unspecified atom stereocenters. The van der Waals surface area contributed by atoms with Gasteiger partial charge in [0, 0.05) is 0 Å². The Morgan fingerprint density at radius 3 is 2.04 bits per heavy atom. The minimum absolute atomic E-state index is 0.194. The van der Waals surface area contributed by atoms with Crippen molar-refractivity contribution in [3.05, 3.63) is 59.2 Å². The van der Waals surface area contributed by atoms with Crippen LogP contribution in [0.5, 0.6) is 0 Å². The van der Waals surface area contributed by atoms with Gasteiger partial charge in [0.15, 0.2) is 0 Å². The summed E-state index contributed by atoms with van der Waals surface area (Å²) in [4.78, 5) is 25.3. The van der Waals surface area contributed by atoms with Crippen molar-refractivity contribution in [3.63, 3.8) is 0 Å². The number of alkyl halides is 5. The van der Waals surface area contributed by atoms with E-state index in [1.54, 1.807) is 32.0 Å². The van der Waals surface area contributed by atoms with Crippen LogP contribution in [0.15, 0.2) is 42.5 Å². The van der Waals surface area contributed by atoms with Gasteiger partial charge in [-0.3, -0.25) is 14.5 Å². The van der Waals surface area contributed by atoms with Crippen LogP contribution in [0.25, 0.3) is 0 Å². The second-order valence-corrected chi connectivity index (χ2v) is 7.73. The number of halogens is 5. The van der Waals surface area contributed by atoms with Gasteiger partial charge in [0.05, 0.1) is 23.4 Å². The van der Waals surface area contributed by atoms with E-state index in [0.29, 0.717) is 11.1 Å². The summed E-state index contributed by atoms with van der Waals surface area (Å²) < 4.78 is 38.5. The van der Waals surface area contributed by atoms with Crippen LogP contribution in [0.1, 0.15) is 23.1 Å². The highest BCUT2D eigenvalue weighted by atomic mass is 35.5. The molecule has 0 aliphatic rings. The van der Waals surface area contributed by atoms with Crippen molar-refractivity contribution in [2.24, 2.45) is 5.73 Å². The molecule has 2 N–H and O–H groups in total. The SMILES string of the molecule is Cc1cccc(C)c1N(C(=O)C(Cl)(Cl)CC(N)=O)c1ccccc1C(F)(F)F. The van der Waals surface area contributed by atoms with Crippen molar-refractivity contribution in [1.29, 1.82) is 0 Å². The first-order chi connectivity index (χ1) is 12.9. The lowest BCUT2D eigenvalue weighted by atomic mass is 10.0. The fourth-order valence-electron chi connectivity index (χ4n) is 2.86. The molecule has 150 valence electrons. The highest BCUT2D eigenvalue weighted by Crippen LogP contribution is 2.43. The Balaban J connectivity index is 2.80. The smallest absolute Gasteiger partial charge is 0.370 e. The fraction of sp³-hybridized carbons (Fsp3) is 0.263. The zero-order valence-corrected chi connectivity index (χ0v) is 16.5. The molecular weight excluding hydrogens is 416 g/mol. The molecule has 0 aliphatic carbocycles. The largest absolute Gasteiger partial charge is 0.418 e. The van der Waals surface area contributed by atoms with Crippen molar-refractivity contribution < 1.29 is 22.8 Å². The van der Waals surface area contributed by atoms with Crippen LogP contribution < -0.4 is 10.6 Å². The number of carbonyl (C=O) groups is 2. The zero-order chi connectivity index (χ0) is 21.3. The number of anilines is 2. The number of aryl methyl sites for hydroxylation is 2. The van der Waals surface area contributed by atoms with Crippen LogP contribution in [-0.4, -0.2) is 16.1 Å². The minimum Gasteiger partial charge on any atom is -0.370 e. The number of nitrogens with zero attached hydrogens (tertiary/aromatic N) is 1. The lowest BCUT2D eigenvalue weighted by molar-refractivity contribution is -0.137. The summed E-state index contributed by atoms with van der Waals surface area (Å²) in [6, 6.07) is 9.52. The number of carbonyl (C=O) groups excluding carboxylic acids is 2. The Labute approximate surface area is 170 Å². The van der Waals surface area contributed by atoms with Crippen LogP contribution in [0.4, 0.5) is 24.5 Å². The number of hydrogen-bond donors (Lipinski definition) is 1. The summed E-state index contributed by atoms with van der Waals surface area (Å²) in [5.41, 5.74) is 4.83. The maximum Gasteiger partial charge on any atom is 0.418 e. The highest BCUT2D eigenvalue weighted by Gasteiger charge is 2.44. The molecule has 0 heterocycles. The molecule has 0 radical (unpaired) electrons. The average Bonchev–Trinajstić information content (AvgIpc) is 2.56. The molecule has 2 rings (SSSR count). The third kappa shape index (κ3) is 4.59. The van der Waals surface area contributed by atoms with Gasteiger partial charge in [-0.25, -0.2) is 0 Å². The quantitative estimate of drug-likeness (QED) is 0.672. The number of benzene rings is 2. The second kappa shape index (κ2) is 8.01. The van der Waals surface area contributed by atoms with Gasteiger partial charge in [0.25, 0.3) is 5.91 Å². The zero-order valence-electron chi connectivity index (χ0n) is 15.0. The normalized spacial score (nSPS) is 12.0. The molecule has 9 heteroatoms. The molecule has 0 fully saturated rings. The molecule has 0 aromatic heterocycles. The van der Waals surface area contributed by atoms with Crippen molar-refractivity contribution in [2.75, 3.05) is 4.90 Å². The number of primary amides is 1. The highest BCUT2D eigenvalue weighted by molar-refractivity contribution is 6.60. The van der Waals surface area contributed by atoms with E-state index in [-0.39, 0.29) is 5.69 Å². The molecule has 28 heavy (non-hydrogen) atoms. The van der Waals surface area contributed by atoms with Crippen LogP contribution in [0.3, 0.4) is 0 Å². The summed E-state index contributed by atoms with van der Waals surface area (Å²) in [7, 11) is 0. The van der Waals surface area contributed by atoms with E-state index < -0.39 is 40.0 Å². The summed E-state index contributed by atoms with van der Waals surface area (Å²) in [6.07, 6.45) is -5.50. The Bertz CT molecular complexity index is 894. The number of nitrogens with two attached hydrogens (primary N) is 1. The van der Waals surface area contributed by atoms with E-state index >= 15 is 0 Å². The van der Waals surface area contributed by atoms with E-state index in [1.807, 2.05) is 0 Å². The molecule has 0 atom stereocenters. The Morgan fingerprint density at radius 2 is 1.54 bits per heavy atom. The molecule has 0 saturated carbocycles. The fourth-order valence-corrected chi connectivity index (χ4v) is 3.29. The van der Waals surface area contributed by atoms with Crippen molar-refractivity contribution >= 4 is 46.4 Å². The van der Waals surface area contributed by atoms with Crippen LogP contribution in [-0.2, 0) is 15.8 Å². The van der Waals surface area contributed by atoms with Crippen LogP contribution in [0, 0.1) is 13.8 Å². The number of para-hydroxylation sites is 2. The van der Waals surface area contributed by atoms with Gasteiger partial charge in [-0.2, -0.15) is 13.2 Å². The van der Waals surface area contributed by atoms with Crippen LogP contribution in [0.2, 0.25) is 0 Å². The molecule has 2 aromatic carbocycles. The van der Waals surface area contributed by atoms with Gasteiger partial charge < -0.3 is 5.73 Å². The minimum atomic E-state index is -4.74. The standard InChI is InChI=1S/C19H17Cl2F3N2O2/c1-11-6-5-7-12(2)16(11)26(17(28)18(20,21)10-15(25)27)14-9-4-3-8-13(14)19(22,23)24/h3-9H,10H2,1-2H3,(H2,25,27).